The van der Waals surface area contributed by atoms with Gasteiger partial charge in [0.25, 0.3) is 0 Å². The molecule has 0 amide bonds. The Balaban J connectivity index is 2.49. The van der Waals surface area contributed by atoms with Gasteiger partial charge in [-0.25, -0.2) is 8.42 Å². The molecule has 76 valence electrons. The molecule has 0 aromatic carbocycles. The number of hydrogen-bond acceptors (Lipinski definition) is 4. The van der Waals surface area contributed by atoms with E-state index in [9.17, 15) is 13.2 Å². The first-order chi connectivity index (χ1) is 5.88. The number of carbonyl (C=O) groups is 1. The van der Waals surface area contributed by atoms with Gasteiger partial charge in [-0.05, 0) is 6.92 Å². The largest absolute Gasteiger partial charge is 0.298 e. The van der Waals surface area contributed by atoms with Crippen molar-refractivity contribution in [2.45, 2.75) is 19.4 Å². The number of Topliss-reactive ketones (excluding diaryl/α,β-unsaturated/α-hetero) is 1. The zero-order chi connectivity index (χ0) is 10.1. The number of ketones is 1. The summed E-state index contributed by atoms with van der Waals surface area (Å²) in [4.78, 5) is 12.9. The van der Waals surface area contributed by atoms with E-state index in [0.717, 1.165) is 0 Å². The molecule has 1 fully saturated rings. The Kier molecular flexibility index (Phi) is 3.08. The van der Waals surface area contributed by atoms with Crippen molar-refractivity contribution in [3.05, 3.63) is 0 Å². The molecule has 0 radical (unpaired) electrons. The number of likely N-dealkylation sites (tertiary alicyclic amines) is 1. The monoisotopic (exact) mass is 205 g/mol. The van der Waals surface area contributed by atoms with Crippen molar-refractivity contribution < 1.29 is 13.2 Å². The maximum absolute atomic E-state index is 11.0. The number of sulfone groups is 1. The smallest absolute Gasteiger partial charge is 0.148 e. The lowest BCUT2D eigenvalue weighted by molar-refractivity contribution is -0.117. The molecule has 1 saturated heterocycles. The normalized spacial score (nSPS) is 22.2. The summed E-state index contributed by atoms with van der Waals surface area (Å²) in [6.45, 7) is 2.96. The maximum Gasteiger partial charge on any atom is 0.148 e. The molecule has 5 heteroatoms. The van der Waals surface area contributed by atoms with Gasteiger partial charge in [0.05, 0.1) is 12.3 Å². The van der Waals surface area contributed by atoms with Crippen molar-refractivity contribution in [3.63, 3.8) is 0 Å². The van der Waals surface area contributed by atoms with Crippen LogP contribution in [0.4, 0.5) is 0 Å². The third-order valence-electron chi connectivity index (χ3n) is 2.22. The van der Waals surface area contributed by atoms with E-state index in [1.54, 1.807) is 0 Å². The van der Waals surface area contributed by atoms with Crippen LogP contribution in [0.2, 0.25) is 0 Å². The molecule has 0 N–H and O–H groups in total. The lowest BCUT2D eigenvalue weighted by atomic mass is 10.3. The quantitative estimate of drug-likeness (QED) is 0.634. The summed E-state index contributed by atoms with van der Waals surface area (Å²) < 4.78 is 21.9. The van der Waals surface area contributed by atoms with Crippen molar-refractivity contribution in [2.75, 3.05) is 25.1 Å². The van der Waals surface area contributed by atoms with Crippen LogP contribution < -0.4 is 0 Å². The Labute approximate surface area is 78.8 Å². The third kappa shape index (κ3) is 3.44. The Morgan fingerprint density at radius 1 is 1.54 bits per heavy atom. The van der Waals surface area contributed by atoms with Gasteiger partial charge >= 0.3 is 0 Å². The first-order valence-electron chi connectivity index (χ1n) is 4.32. The van der Waals surface area contributed by atoms with Crippen LogP contribution in [0.25, 0.3) is 0 Å². The van der Waals surface area contributed by atoms with Crippen molar-refractivity contribution in [2.24, 2.45) is 0 Å². The van der Waals surface area contributed by atoms with Gasteiger partial charge in [-0.3, -0.25) is 9.69 Å². The predicted octanol–water partition coefficient (Wildman–Crippen LogP) is -0.306. The Hall–Kier alpha value is -0.420. The summed E-state index contributed by atoms with van der Waals surface area (Å²) in [6, 6.07) is -0.0403. The average molecular weight is 205 g/mol. The summed E-state index contributed by atoms with van der Waals surface area (Å²) in [5.74, 6) is 0.348. The summed E-state index contributed by atoms with van der Waals surface area (Å²) >= 11 is 0. The molecule has 0 saturated carbocycles. The topological polar surface area (TPSA) is 54.5 Å². The zero-order valence-electron chi connectivity index (χ0n) is 7.99. The molecule has 1 atom stereocenters. The van der Waals surface area contributed by atoms with Gasteiger partial charge in [0.15, 0.2) is 0 Å². The van der Waals surface area contributed by atoms with E-state index in [1.165, 1.54) is 6.26 Å². The van der Waals surface area contributed by atoms with E-state index in [-0.39, 0.29) is 17.6 Å². The van der Waals surface area contributed by atoms with Gasteiger partial charge in [-0.1, -0.05) is 0 Å². The highest BCUT2D eigenvalue weighted by atomic mass is 32.2. The average Bonchev–Trinajstić information content (AvgIpc) is 2.31. The van der Waals surface area contributed by atoms with Crippen LogP contribution in [0.15, 0.2) is 0 Å². The van der Waals surface area contributed by atoms with E-state index in [1.807, 2.05) is 11.8 Å². The molecule has 0 aromatic rings. The second kappa shape index (κ2) is 3.75. The van der Waals surface area contributed by atoms with Crippen molar-refractivity contribution in [1.82, 2.24) is 4.90 Å². The van der Waals surface area contributed by atoms with Gasteiger partial charge < -0.3 is 0 Å². The van der Waals surface area contributed by atoms with Crippen molar-refractivity contribution in [3.8, 4) is 0 Å². The minimum absolute atomic E-state index is 0.0403. The third-order valence-corrected chi connectivity index (χ3v) is 3.31. The molecule has 1 aliphatic rings. The molecule has 1 unspecified atom stereocenters. The van der Waals surface area contributed by atoms with E-state index in [0.29, 0.717) is 19.5 Å². The maximum atomic E-state index is 11.0. The Bertz CT molecular complexity index is 297. The SMILES string of the molecule is CC(CS(C)(=O)=O)N1CCC(=O)C1. The van der Waals surface area contributed by atoms with E-state index < -0.39 is 9.84 Å². The highest BCUT2D eigenvalue weighted by Crippen LogP contribution is 2.10. The minimum atomic E-state index is -2.93. The van der Waals surface area contributed by atoms with Gasteiger partial charge in [-0.15, -0.1) is 0 Å². The fourth-order valence-corrected chi connectivity index (χ4v) is 2.66. The second-order valence-corrected chi connectivity index (χ2v) is 5.89. The van der Waals surface area contributed by atoms with Crippen LogP contribution in [-0.4, -0.2) is 50.2 Å². The molecule has 4 nitrogen and oxygen atoms in total. The van der Waals surface area contributed by atoms with Crippen LogP contribution in [0.3, 0.4) is 0 Å². The summed E-state index contributed by atoms with van der Waals surface area (Å²) in [5, 5.41) is 0. The lowest BCUT2D eigenvalue weighted by Gasteiger charge is -2.21. The highest BCUT2D eigenvalue weighted by Gasteiger charge is 2.25. The molecule has 1 aliphatic heterocycles. The molecule has 0 spiro atoms. The first-order valence-corrected chi connectivity index (χ1v) is 6.38. The molecule has 13 heavy (non-hydrogen) atoms. The second-order valence-electron chi connectivity index (χ2n) is 3.70. The van der Waals surface area contributed by atoms with Gasteiger partial charge in [0.1, 0.15) is 15.6 Å². The van der Waals surface area contributed by atoms with E-state index in [4.69, 9.17) is 0 Å². The van der Waals surface area contributed by atoms with Gasteiger partial charge in [0.2, 0.25) is 0 Å². The number of nitrogens with zero attached hydrogens (tertiary/aromatic N) is 1. The number of hydrogen-bond donors (Lipinski definition) is 0. The van der Waals surface area contributed by atoms with Crippen LogP contribution in [0.1, 0.15) is 13.3 Å². The lowest BCUT2D eigenvalue weighted by Crippen LogP contribution is -2.36. The molecular weight excluding hydrogens is 190 g/mol. The minimum Gasteiger partial charge on any atom is -0.298 e. The molecule has 0 aliphatic carbocycles. The molecule has 0 aromatic heterocycles. The van der Waals surface area contributed by atoms with Crippen LogP contribution in [0.5, 0.6) is 0 Å². The van der Waals surface area contributed by atoms with Gasteiger partial charge in [-0.2, -0.15) is 0 Å². The first kappa shape index (κ1) is 10.7. The van der Waals surface area contributed by atoms with Crippen molar-refractivity contribution in [1.29, 1.82) is 0 Å². The Morgan fingerprint density at radius 2 is 2.15 bits per heavy atom. The predicted molar refractivity (Wildman–Crippen MR) is 50.4 cm³/mol. The van der Waals surface area contributed by atoms with E-state index >= 15 is 0 Å². The van der Waals surface area contributed by atoms with Crippen LogP contribution in [0, 0.1) is 0 Å². The van der Waals surface area contributed by atoms with Crippen molar-refractivity contribution >= 4 is 15.6 Å². The summed E-state index contributed by atoms with van der Waals surface area (Å²) in [6.07, 6.45) is 1.79. The Morgan fingerprint density at radius 3 is 2.54 bits per heavy atom. The molecule has 1 rings (SSSR count). The van der Waals surface area contributed by atoms with E-state index in [2.05, 4.69) is 0 Å². The molecular formula is C8H15NO3S. The van der Waals surface area contributed by atoms with Crippen LogP contribution >= 0.6 is 0 Å². The molecule has 0 bridgehead atoms. The van der Waals surface area contributed by atoms with Crippen LogP contribution in [-0.2, 0) is 14.6 Å². The summed E-state index contributed by atoms with van der Waals surface area (Å²) in [7, 11) is -2.93. The fourth-order valence-electron chi connectivity index (χ4n) is 1.57. The fraction of sp³-hybridized carbons (Fsp3) is 0.875. The summed E-state index contributed by atoms with van der Waals surface area (Å²) in [5.41, 5.74) is 0. The highest BCUT2D eigenvalue weighted by molar-refractivity contribution is 7.90. The standard InChI is InChI=1S/C8H15NO3S/c1-7(6-13(2,11)12)9-4-3-8(10)5-9/h7H,3-6H2,1-2H3. The molecule has 1 heterocycles. The number of rotatable bonds is 3. The zero-order valence-corrected chi connectivity index (χ0v) is 8.80. The van der Waals surface area contributed by atoms with Gasteiger partial charge in [0, 0.05) is 25.3 Å². The number of carbonyl (C=O) groups excluding carboxylic acids is 1.